The highest BCUT2D eigenvalue weighted by Crippen LogP contribution is 2.31. The molecule has 27 heavy (non-hydrogen) atoms. The number of hydrogen-bond acceptors (Lipinski definition) is 4. The molecule has 0 bridgehead atoms. The third-order valence-corrected chi connectivity index (χ3v) is 5.72. The van der Waals surface area contributed by atoms with Crippen LogP contribution >= 0.6 is 27.3 Å². The molecule has 4 nitrogen and oxygen atoms in total. The molecule has 0 aliphatic carbocycles. The molecule has 1 heterocycles. The minimum atomic E-state index is -0.0903. The molecule has 6 heteroatoms. The summed E-state index contributed by atoms with van der Waals surface area (Å²) in [7, 11) is 1.59. The second kappa shape index (κ2) is 8.67. The van der Waals surface area contributed by atoms with Crippen molar-refractivity contribution in [3.8, 4) is 17.0 Å². The fraction of sp³-hybridized carbons (Fsp3) is 0.238. The maximum atomic E-state index is 13.2. The predicted octanol–water partition coefficient (Wildman–Crippen LogP) is 5.95. The van der Waals surface area contributed by atoms with Gasteiger partial charge in [-0.05, 0) is 47.5 Å². The summed E-state index contributed by atoms with van der Waals surface area (Å²) in [5.41, 5.74) is 3.71. The molecule has 1 amide bonds. The van der Waals surface area contributed by atoms with Crippen molar-refractivity contribution in [1.29, 1.82) is 0 Å². The van der Waals surface area contributed by atoms with Crippen molar-refractivity contribution in [2.45, 2.75) is 20.3 Å². The van der Waals surface area contributed by atoms with Gasteiger partial charge in [0.2, 0.25) is 0 Å². The van der Waals surface area contributed by atoms with Gasteiger partial charge in [0.25, 0.3) is 5.91 Å². The number of hydrogen-bond donors (Lipinski definition) is 0. The highest BCUT2D eigenvalue weighted by atomic mass is 79.9. The average Bonchev–Trinajstić information content (AvgIpc) is 3.16. The summed E-state index contributed by atoms with van der Waals surface area (Å²) in [4.78, 5) is 19.7. The van der Waals surface area contributed by atoms with Gasteiger partial charge in [0, 0.05) is 22.0 Å². The number of anilines is 1. The number of benzene rings is 2. The number of ether oxygens (including phenoxy) is 1. The van der Waals surface area contributed by atoms with Crippen LogP contribution in [0.1, 0.15) is 29.3 Å². The molecule has 0 saturated carbocycles. The number of rotatable bonds is 6. The first-order valence-corrected chi connectivity index (χ1v) is 10.4. The number of thiazole rings is 1. The Hall–Kier alpha value is -2.18. The van der Waals surface area contributed by atoms with Crippen molar-refractivity contribution in [1.82, 2.24) is 4.98 Å². The van der Waals surface area contributed by atoms with E-state index in [0.717, 1.165) is 22.2 Å². The zero-order chi connectivity index (χ0) is 19.4. The van der Waals surface area contributed by atoms with Crippen LogP contribution in [0.25, 0.3) is 11.3 Å². The fourth-order valence-electron chi connectivity index (χ4n) is 2.69. The van der Waals surface area contributed by atoms with Crippen LogP contribution in [0.2, 0.25) is 0 Å². The van der Waals surface area contributed by atoms with Crippen LogP contribution in [0.5, 0.6) is 5.75 Å². The molecule has 0 N–H and O–H groups in total. The summed E-state index contributed by atoms with van der Waals surface area (Å²) >= 11 is 4.96. The summed E-state index contributed by atoms with van der Waals surface area (Å²) in [6.07, 6.45) is 0.840. The first-order valence-electron chi connectivity index (χ1n) is 8.71. The number of amides is 1. The smallest absolute Gasteiger partial charge is 0.261 e. The van der Waals surface area contributed by atoms with E-state index in [-0.39, 0.29) is 5.91 Å². The minimum absolute atomic E-state index is 0.0903. The van der Waals surface area contributed by atoms with Crippen molar-refractivity contribution in [3.63, 3.8) is 0 Å². The van der Waals surface area contributed by atoms with E-state index < -0.39 is 0 Å². The Balaban J connectivity index is 1.94. The lowest BCUT2D eigenvalue weighted by Crippen LogP contribution is -2.31. The quantitative estimate of drug-likeness (QED) is 0.471. The molecule has 1 aromatic heterocycles. The number of aryl methyl sites for hydroxylation is 1. The third-order valence-electron chi connectivity index (χ3n) is 4.17. The van der Waals surface area contributed by atoms with Crippen molar-refractivity contribution in [2.75, 3.05) is 18.6 Å². The van der Waals surface area contributed by atoms with E-state index in [2.05, 4.69) is 54.0 Å². The first-order chi connectivity index (χ1) is 13.0. The Morgan fingerprint density at radius 1 is 1.22 bits per heavy atom. The summed E-state index contributed by atoms with van der Waals surface area (Å²) in [5.74, 6) is 0.560. The Labute approximate surface area is 171 Å². The molecule has 0 aliphatic heterocycles. The predicted molar refractivity (Wildman–Crippen MR) is 115 cm³/mol. The number of carbonyl (C=O) groups is 1. The second-order valence-corrected chi connectivity index (χ2v) is 7.87. The maximum absolute atomic E-state index is 13.2. The topological polar surface area (TPSA) is 42.4 Å². The van der Waals surface area contributed by atoms with E-state index in [1.165, 1.54) is 16.9 Å². The molecule has 2 aromatic carbocycles. The Kier molecular flexibility index (Phi) is 6.29. The Bertz CT molecular complexity index is 938. The Morgan fingerprint density at radius 3 is 2.63 bits per heavy atom. The van der Waals surface area contributed by atoms with Crippen LogP contribution in [0.15, 0.2) is 52.3 Å². The number of methoxy groups -OCH3 is 1. The van der Waals surface area contributed by atoms with Gasteiger partial charge in [-0.25, -0.2) is 4.98 Å². The molecule has 3 rings (SSSR count). The average molecular weight is 445 g/mol. The van der Waals surface area contributed by atoms with Gasteiger partial charge in [0.05, 0.1) is 18.4 Å². The fourth-order valence-corrected chi connectivity index (χ4v) is 3.97. The van der Waals surface area contributed by atoms with E-state index in [0.29, 0.717) is 23.0 Å². The summed E-state index contributed by atoms with van der Waals surface area (Å²) in [6, 6.07) is 13.6. The minimum Gasteiger partial charge on any atom is -0.497 e. The molecule has 0 fully saturated rings. The van der Waals surface area contributed by atoms with Crippen LogP contribution in [0.4, 0.5) is 5.13 Å². The van der Waals surface area contributed by atoms with Gasteiger partial charge >= 0.3 is 0 Å². The lowest BCUT2D eigenvalue weighted by molar-refractivity contribution is 0.0986. The third kappa shape index (κ3) is 4.39. The standard InChI is InChI=1S/C21H21BrN2O2S/c1-4-11-24(20(25)17-12-16(26-3)9-10-18(17)22)21-23-19(13-27-21)15-7-5-14(2)6-8-15/h5-10,12-13H,4,11H2,1-3H3. The molecule has 140 valence electrons. The zero-order valence-electron chi connectivity index (χ0n) is 15.5. The lowest BCUT2D eigenvalue weighted by atomic mass is 10.1. The monoisotopic (exact) mass is 444 g/mol. The van der Waals surface area contributed by atoms with Gasteiger partial charge in [-0.2, -0.15) is 0 Å². The molecule has 0 aliphatic rings. The van der Waals surface area contributed by atoms with Gasteiger partial charge in [0.15, 0.2) is 5.13 Å². The van der Waals surface area contributed by atoms with Crippen LogP contribution < -0.4 is 9.64 Å². The van der Waals surface area contributed by atoms with Crippen LogP contribution in [-0.4, -0.2) is 24.5 Å². The van der Waals surface area contributed by atoms with Crippen LogP contribution in [-0.2, 0) is 0 Å². The van der Waals surface area contributed by atoms with Gasteiger partial charge in [0.1, 0.15) is 5.75 Å². The molecule has 0 atom stereocenters. The van der Waals surface area contributed by atoms with Crippen molar-refractivity contribution in [3.05, 3.63) is 63.4 Å². The molecule has 0 radical (unpaired) electrons. The molecule has 0 saturated heterocycles. The van der Waals surface area contributed by atoms with E-state index in [1.54, 1.807) is 18.1 Å². The summed E-state index contributed by atoms with van der Waals surface area (Å²) < 4.78 is 6.01. The molecular weight excluding hydrogens is 424 g/mol. The normalized spacial score (nSPS) is 10.7. The maximum Gasteiger partial charge on any atom is 0.261 e. The van der Waals surface area contributed by atoms with Crippen molar-refractivity contribution < 1.29 is 9.53 Å². The van der Waals surface area contributed by atoms with Gasteiger partial charge < -0.3 is 4.74 Å². The van der Waals surface area contributed by atoms with Crippen LogP contribution in [0, 0.1) is 6.92 Å². The van der Waals surface area contributed by atoms with E-state index in [1.807, 2.05) is 17.5 Å². The van der Waals surface area contributed by atoms with Crippen LogP contribution in [0.3, 0.4) is 0 Å². The summed E-state index contributed by atoms with van der Waals surface area (Å²) in [6.45, 7) is 4.71. The number of halogens is 1. The highest BCUT2D eigenvalue weighted by molar-refractivity contribution is 9.10. The molecule has 0 unspecified atom stereocenters. The number of aromatic nitrogens is 1. The van der Waals surface area contributed by atoms with Crippen molar-refractivity contribution >= 4 is 38.3 Å². The largest absolute Gasteiger partial charge is 0.497 e. The zero-order valence-corrected chi connectivity index (χ0v) is 17.9. The number of nitrogens with zero attached hydrogens (tertiary/aromatic N) is 2. The van der Waals surface area contributed by atoms with E-state index >= 15 is 0 Å². The van der Waals surface area contributed by atoms with Gasteiger partial charge in [-0.3, -0.25) is 9.69 Å². The molecule has 3 aromatic rings. The molecule has 0 spiro atoms. The molecular formula is C21H21BrN2O2S. The highest BCUT2D eigenvalue weighted by Gasteiger charge is 2.22. The van der Waals surface area contributed by atoms with Gasteiger partial charge in [-0.1, -0.05) is 36.8 Å². The van der Waals surface area contributed by atoms with E-state index in [9.17, 15) is 4.79 Å². The summed E-state index contributed by atoms with van der Waals surface area (Å²) in [5, 5.41) is 2.70. The van der Waals surface area contributed by atoms with E-state index in [4.69, 9.17) is 9.72 Å². The first kappa shape index (κ1) is 19.6. The number of carbonyl (C=O) groups excluding carboxylic acids is 1. The lowest BCUT2D eigenvalue weighted by Gasteiger charge is -2.20. The second-order valence-electron chi connectivity index (χ2n) is 6.18. The van der Waals surface area contributed by atoms with Crippen molar-refractivity contribution in [2.24, 2.45) is 0 Å². The Morgan fingerprint density at radius 2 is 1.96 bits per heavy atom. The SMILES string of the molecule is CCCN(C(=O)c1cc(OC)ccc1Br)c1nc(-c2ccc(C)cc2)cs1. The van der Waals surface area contributed by atoms with Gasteiger partial charge in [-0.15, -0.1) is 11.3 Å².